The number of nitrogens with one attached hydrogen (secondary N) is 2. The molecule has 7 nitrogen and oxygen atoms in total. The Morgan fingerprint density at radius 3 is 2.22 bits per heavy atom. The van der Waals surface area contributed by atoms with Gasteiger partial charge in [-0.05, 0) is 49.7 Å². The van der Waals surface area contributed by atoms with E-state index in [2.05, 4.69) is 10.6 Å². The van der Waals surface area contributed by atoms with Crippen LogP contribution in [0.15, 0.2) is 48.5 Å². The molecule has 4 N–H and O–H groups in total. The summed E-state index contributed by atoms with van der Waals surface area (Å²) in [4.78, 5) is 37.3. The number of anilines is 1. The molecule has 0 aliphatic carbocycles. The fraction of sp³-hybridized carbons (Fsp3) is 0.250. The minimum atomic E-state index is -0.601. The van der Waals surface area contributed by atoms with Crippen molar-refractivity contribution in [1.29, 1.82) is 0 Å². The normalized spacial score (nSPS) is 10.1. The molecule has 0 aromatic heterocycles. The van der Waals surface area contributed by atoms with E-state index < -0.39 is 6.03 Å². The number of nitrogens with two attached hydrogens (primary N) is 1. The summed E-state index contributed by atoms with van der Waals surface area (Å²) in [6.07, 6.45) is 0. The van der Waals surface area contributed by atoms with E-state index in [-0.39, 0.29) is 11.8 Å². The Labute approximate surface area is 158 Å². The van der Waals surface area contributed by atoms with Gasteiger partial charge in [-0.3, -0.25) is 9.59 Å². The van der Waals surface area contributed by atoms with E-state index in [0.717, 1.165) is 5.56 Å². The van der Waals surface area contributed by atoms with Crippen LogP contribution in [0.2, 0.25) is 0 Å². The number of hydrogen-bond donors (Lipinski definition) is 3. The third-order valence-electron chi connectivity index (χ3n) is 4.10. The molecule has 0 heterocycles. The van der Waals surface area contributed by atoms with Gasteiger partial charge in [0.05, 0.1) is 0 Å². The van der Waals surface area contributed by atoms with Crippen molar-refractivity contribution in [1.82, 2.24) is 10.2 Å². The zero-order valence-electron chi connectivity index (χ0n) is 15.5. The Kier molecular flexibility index (Phi) is 6.93. The molecule has 0 aliphatic heterocycles. The molecule has 27 heavy (non-hydrogen) atoms. The first-order valence-electron chi connectivity index (χ1n) is 8.77. The average molecular weight is 368 g/mol. The topological polar surface area (TPSA) is 105 Å². The second-order valence-electron chi connectivity index (χ2n) is 5.93. The van der Waals surface area contributed by atoms with Crippen molar-refractivity contribution < 1.29 is 14.4 Å². The Morgan fingerprint density at radius 2 is 1.63 bits per heavy atom. The average Bonchev–Trinajstić information content (AvgIpc) is 2.67. The third-order valence-corrected chi connectivity index (χ3v) is 4.10. The van der Waals surface area contributed by atoms with E-state index in [1.807, 2.05) is 13.8 Å². The molecule has 0 spiro atoms. The monoisotopic (exact) mass is 368 g/mol. The maximum atomic E-state index is 12.4. The van der Waals surface area contributed by atoms with Crippen LogP contribution in [0.4, 0.5) is 10.5 Å². The highest BCUT2D eigenvalue weighted by molar-refractivity contribution is 6.05. The van der Waals surface area contributed by atoms with Gasteiger partial charge in [0.2, 0.25) is 0 Å². The van der Waals surface area contributed by atoms with Gasteiger partial charge in [0.15, 0.2) is 0 Å². The number of hydrogen-bond acceptors (Lipinski definition) is 3. The predicted octanol–water partition coefficient (Wildman–Crippen LogP) is 2.59. The van der Waals surface area contributed by atoms with Crippen molar-refractivity contribution in [2.45, 2.75) is 20.4 Å². The zero-order valence-corrected chi connectivity index (χ0v) is 15.5. The van der Waals surface area contributed by atoms with Gasteiger partial charge in [0.25, 0.3) is 11.8 Å². The fourth-order valence-corrected chi connectivity index (χ4v) is 2.59. The van der Waals surface area contributed by atoms with Gasteiger partial charge in [0, 0.05) is 36.4 Å². The molecular weight excluding hydrogens is 344 g/mol. The molecule has 7 heteroatoms. The molecule has 0 fully saturated rings. The summed E-state index contributed by atoms with van der Waals surface area (Å²) in [5.41, 5.74) is 7.42. The van der Waals surface area contributed by atoms with E-state index >= 15 is 0 Å². The van der Waals surface area contributed by atoms with Crippen LogP contribution in [0.5, 0.6) is 0 Å². The number of carbonyl (C=O) groups is 3. The number of urea groups is 1. The van der Waals surface area contributed by atoms with Gasteiger partial charge in [-0.1, -0.05) is 18.2 Å². The zero-order chi connectivity index (χ0) is 19.8. The van der Waals surface area contributed by atoms with Crippen molar-refractivity contribution in [3.8, 4) is 0 Å². The molecule has 4 amide bonds. The molecule has 2 rings (SSSR count). The molecule has 142 valence electrons. The number of primary amides is 1. The first-order valence-corrected chi connectivity index (χ1v) is 8.77. The summed E-state index contributed by atoms with van der Waals surface area (Å²) in [6, 6.07) is 13.1. The molecule has 0 saturated carbocycles. The summed E-state index contributed by atoms with van der Waals surface area (Å²) >= 11 is 0. The van der Waals surface area contributed by atoms with Crippen molar-refractivity contribution in [2.24, 2.45) is 5.73 Å². The maximum absolute atomic E-state index is 12.4. The smallest absolute Gasteiger partial charge is 0.312 e. The van der Waals surface area contributed by atoms with Crippen LogP contribution in [0.25, 0.3) is 0 Å². The van der Waals surface area contributed by atoms with Gasteiger partial charge in [-0.15, -0.1) is 0 Å². The highest BCUT2D eigenvalue weighted by Gasteiger charge is 2.13. The van der Waals surface area contributed by atoms with Crippen molar-refractivity contribution in [3.63, 3.8) is 0 Å². The minimum Gasteiger partial charge on any atom is -0.352 e. The Bertz CT molecular complexity index is 814. The first-order chi connectivity index (χ1) is 12.9. The van der Waals surface area contributed by atoms with Crippen molar-refractivity contribution in [3.05, 3.63) is 65.2 Å². The van der Waals surface area contributed by atoms with E-state index in [0.29, 0.717) is 36.4 Å². The fourth-order valence-electron chi connectivity index (χ4n) is 2.59. The molecule has 0 atom stereocenters. The molecule has 0 aliphatic rings. The van der Waals surface area contributed by atoms with E-state index in [1.54, 1.807) is 53.4 Å². The third kappa shape index (κ3) is 5.57. The first kappa shape index (κ1) is 20.0. The minimum absolute atomic E-state index is 0.0672. The molecule has 2 aromatic rings. The second kappa shape index (κ2) is 9.38. The standard InChI is InChI=1S/C20H24N4O3/c1-3-24(4-2)19(26)16-6-5-7-17(12-16)23-18(25)15-10-8-14(9-11-15)13-22-20(21)27/h5-12H,3-4,13H2,1-2H3,(H,23,25)(H3,21,22,27). The van der Waals surface area contributed by atoms with Gasteiger partial charge < -0.3 is 21.3 Å². The van der Waals surface area contributed by atoms with Crippen LogP contribution in [0.3, 0.4) is 0 Å². The second-order valence-corrected chi connectivity index (χ2v) is 5.93. The number of rotatable bonds is 7. The SMILES string of the molecule is CCN(CC)C(=O)c1cccc(NC(=O)c2ccc(CNC(N)=O)cc2)c1. The quantitative estimate of drug-likeness (QED) is 0.699. The van der Waals surface area contributed by atoms with Gasteiger partial charge >= 0.3 is 6.03 Å². The largest absolute Gasteiger partial charge is 0.352 e. The van der Waals surface area contributed by atoms with Crippen molar-refractivity contribution in [2.75, 3.05) is 18.4 Å². The summed E-state index contributed by atoms with van der Waals surface area (Å²) in [5, 5.41) is 5.29. The lowest BCUT2D eigenvalue weighted by Crippen LogP contribution is -2.30. The lowest BCUT2D eigenvalue weighted by molar-refractivity contribution is 0.0772. The molecule has 0 unspecified atom stereocenters. The predicted molar refractivity (Wildman–Crippen MR) is 105 cm³/mol. The molecular formula is C20H24N4O3. The number of benzene rings is 2. The van der Waals surface area contributed by atoms with Crippen LogP contribution >= 0.6 is 0 Å². The lowest BCUT2D eigenvalue weighted by Gasteiger charge is -2.19. The maximum Gasteiger partial charge on any atom is 0.312 e. The number of carbonyl (C=O) groups excluding carboxylic acids is 3. The Hall–Kier alpha value is -3.35. The van der Waals surface area contributed by atoms with Crippen LogP contribution in [0, 0.1) is 0 Å². The van der Waals surface area contributed by atoms with Gasteiger partial charge in [-0.25, -0.2) is 4.79 Å². The molecule has 0 bridgehead atoms. The van der Waals surface area contributed by atoms with Crippen LogP contribution in [-0.4, -0.2) is 35.8 Å². The summed E-state index contributed by atoms with van der Waals surface area (Å²) < 4.78 is 0. The highest BCUT2D eigenvalue weighted by atomic mass is 16.2. The van der Waals surface area contributed by atoms with Crippen molar-refractivity contribution >= 4 is 23.5 Å². The Morgan fingerprint density at radius 1 is 0.963 bits per heavy atom. The van der Waals surface area contributed by atoms with Gasteiger partial charge in [-0.2, -0.15) is 0 Å². The van der Waals surface area contributed by atoms with Crippen LogP contribution in [0.1, 0.15) is 40.1 Å². The molecule has 2 aromatic carbocycles. The lowest BCUT2D eigenvalue weighted by atomic mass is 10.1. The summed E-state index contributed by atoms with van der Waals surface area (Å²) in [6.45, 7) is 5.41. The summed E-state index contributed by atoms with van der Waals surface area (Å²) in [7, 11) is 0. The van der Waals surface area contributed by atoms with Crippen LogP contribution in [-0.2, 0) is 6.54 Å². The van der Waals surface area contributed by atoms with E-state index in [1.165, 1.54) is 0 Å². The molecule has 0 saturated heterocycles. The van der Waals surface area contributed by atoms with E-state index in [9.17, 15) is 14.4 Å². The molecule has 0 radical (unpaired) electrons. The van der Waals surface area contributed by atoms with E-state index in [4.69, 9.17) is 5.73 Å². The highest BCUT2D eigenvalue weighted by Crippen LogP contribution is 2.15. The van der Waals surface area contributed by atoms with Crippen LogP contribution < -0.4 is 16.4 Å². The summed E-state index contributed by atoms with van der Waals surface area (Å²) in [5.74, 6) is -0.348. The Balaban J connectivity index is 2.06. The number of amides is 4. The van der Waals surface area contributed by atoms with Gasteiger partial charge in [0.1, 0.15) is 0 Å². The number of nitrogens with zero attached hydrogens (tertiary/aromatic N) is 1.